The fourth-order valence-corrected chi connectivity index (χ4v) is 3.59. The molecular formula is C17H22N4O3. The molecule has 2 aromatic rings. The summed E-state index contributed by atoms with van der Waals surface area (Å²) in [5, 5.41) is 0.281. The molecule has 7 heteroatoms. The van der Waals surface area contributed by atoms with E-state index in [0.29, 0.717) is 36.1 Å². The molecule has 1 aliphatic heterocycles. The van der Waals surface area contributed by atoms with Crippen LogP contribution in [0.4, 0.5) is 0 Å². The van der Waals surface area contributed by atoms with Gasteiger partial charge in [0.15, 0.2) is 0 Å². The highest BCUT2D eigenvalue weighted by molar-refractivity contribution is 5.96. The highest BCUT2D eigenvalue weighted by Crippen LogP contribution is 2.22. The SMILES string of the molecule is CC1CC(C)CN(C(=O)c2cnc3c(c2)c(=O)n(C)c(=O)n3C)C1. The molecule has 3 rings (SSSR count). The number of aromatic nitrogens is 3. The summed E-state index contributed by atoms with van der Waals surface area (Å²) in [6.45, 7) is 5.71. The number of carbonyl (C=O) groups is 1. The van der Waals surface area contributed by atoms with Gasteiger partial charge in [0.25, 0.3) is 11.5 Å². The summed E-state index contributed by atoms with van der Waals surface area (Å²) in [4.78, 5) is 43.1. The minimum Gasteiger partial charge on any atom is -0.338 e. The monoisotopic (exact) mass is 330 g/mol. The summed E-state index contributed by atoms with van der Waals surface area (Å²) in [6.07, 6.45) is 2.57. The lowest BCUT2D eigenvalue weighted by Crippen LogP contribution is -2.42. The molecule has 1 amide bonds. The van der Waals surface area contributed by atoms with Crippen molar-refractivity contribution in [2.45, 2.75) is 20.3 Å². The fraction of sp³-hybridized carbons (Fsp3) is 0.529. The highest BCUT2D eigenvalue weighted by Gasteiger charge is 2.26. The van der Waals surface area contributed by atoms with E-state index in [1.54, 1.807) is 13.1 Å². The predicted octanol–water partition coefficient (Wildman–Crippen LogP) is 0.750. The van der Waals surface area contributed by atoms with Crippen LogP contribution in [0.15, 0.2) is 21.9 Å². The molecule has 2 atom stereocenters. The first-order valence-corrected chi connectivity index (χ1v) is 8.14. The molecule has 0 aromatic carbocycles. The summed E-state index contributed by atoms with van der Waals surface area (Å²) in [6, 6.07) is 1.55. The predicted molar refractivity (Wildman–Crippen MR) is 91.1 cm³/mol. The smallest absolute Gasteiger partial charge is 0.332 e. The number of hydrogen-bond donors (Lipinski definition) is 0. The van der Waals surface area contributed by atoms with Crippen LogP contribution >= 0.6 is 0 Å². The van der Waals surface area contributed by atoms with Gasteiger partial charge in [0.2, 0.25) is 0 Å². The number of rotatable bonds is 1. The number of fused-ring (bicyclic) bond motifs is 1. The normalized spacial score (nSPS) is 21.2. The Morgan fingerprint density at radius 3 is 2.38 bits per heavy atom. The zero-order chi connectivity index (χ0) is 17.6. The molecule has 1 saturated heterocycles. The molecule has 0 radical (unpaired) electrons. The second-order valence-electron chi connectivity index (χ2n) is 6.96. The molecule has 0 spiro atoms. The molecule has 128 valence electrons. The summed E-state index contributed by atoms with van der Waals surface area (Å²) in [5.41, 5.74) is -0.187. The Morgan fingerprint density at radius 2 is 1.75 bits per heavy atom. The van der Waals surface area contributed by atoms with Gasteiger partial charge in [0.1, 0.15) is 5.65 Å². The second kappa shape index (κ2) is 5.89. The lowest BCUT2D eigenvalue weighted by atomic mass is 9.91. The molecule has 7 nitrogen and oxygen atoms in total. The zero-order valence-corrected chi connectivity index (χ0v) is 14.4. The number of amides is 1. The number of piperidine rings is 1. The van der Waals surface area contributed by atoms with Crippen molar-refractivity contribution in [2.75, 3.05) is 13.1 Å². The molecule has 24 heavy (non-hydrogen) atoms. The third kappa shape index (κ3) is 2.64. The minimum absolute atomic E-state index is 0.112. The number of carbonyl (C=O) groups excluding carboxylic acids is 1. The minimum atomic E-state index is -0.435. The molecule has 0 N–H and O–H groups in total. The van der Waals surface area contributed by atoms with Crippen LogP contribution in [0, 0.1) is 11.8 Å². The molecule has 0 aliphatic carbocycles. The zero-order valence-electron chi connectivity index (χ0n) is 14.4. The van der Waals surface area contributed by atoms with E-state index in [1.807, 2.05) is 4.90 Å². The first-order valence-electron chi connectivity index (χ1n) is 8.14. The molecule has 0 saturated carbocycles. The number of aryl methyl sites for hydroxylation is 1. The molecule has 1 fully saturated rings. The molecule has 1 aliphatic rings. The van der Waals surface area contributed by atoms with E-state index in [4.69, 9.17) is 0 Å². The summed E-state index contributed by atoms with van der Waals surface area (Å²) in [5.74, 6) is 0.804. The van der Waals surface area contributed by atoms with Crippen LogP contribution in [0.5, 0.6) is 0 Å². The summed E-state index contributed by atoms with van der Waals surface area (Å²) >= 11 is 0. The van der Waals surface area contributed by atoms with Gasteiger partial charge in [-0.1, -0.05) is 13.8 Å². The first-order chi connectivity index (χ1) is 11.3. The van der Waals surface area contributed by atoms with Gasteiger partial charge in [0, 0.05) is 33.4 Å². The van der Waals surface area contributed by atoms with Crippen LogP contribution in [-0.4, -0.2) is 38.0 Å². The average Bonchev–Trinajstić information content (AvgIpc) is 2.56. The van der Waals surface area contributed by atoms with Gasteiger partial charge in [-0.15, -0.1) is 0 Å². The van der Waals surface area contributed by atoms with Crippen molar-refractivity contribution in [3.8, 4) is 0 Å². The van der Waals surface area contributed by atoms with Crippen molar-refractivity contribution in [3.63, 3.8) is 0 Å². The van der Waals surface area contributed by atoms with Crippen LogP contribution in [0.1, 0.15) is 30.6 Å². The van der Waals surface area contributed by atoms with Crippen molar-refractivity contribution in [2.24, 2.45) is 25.9 Å². The Morgan fingerprint density at radius 1 is 1.12 bits per heavy atom. The van der Waals surface area contributed by atoms with Crippen LogP contribution in [-0.2, 0) is 14.1 Å². The molecule has 2 unspecified atom stereocenters. The summed E-state index contributed by atoms with van der Waals surface area (Å²) in [7, 11) is 2.99. The van der Waals surface area contributed by atoms with Gasteiger partial charge in [-0.05, 0) is 24.3 Å². The Kier molecular flexibility index (Phi) is 4.03. The maximum absolute atomic E-state index is 12.8. The van der Waals surface area contributed by atoms with Gasteiger partial charge in [-0.2, -0.15) is 0 Å². The van der Waals surface area contributed by atoms with Crippen LogP contribution in [0.2, 0.25) is 0 Å². The Bertz CT molecular complexity index is 918. The van der Waals surface area contributed by atoms with Gasteiger partial charge in [0.05, 0.1) is 10.9 Å². The van der Waals surface area contributed by atoms with E-state index in [9.17, 15) is 14.4 Å². The standard InChI is InChI=1S/C17H22N4O3/c1-10-5-11(2)9-21(8-10)15(22)12-6-13-14(18-7-12)19(3)17(24)20(4)16(13)23/h6-7,10-11H,5,8-9H2,1-4H3. The van der Waals surface area contributed by atoms with Crippen LogP contribution < -0.4 is 11.2 Å². The third-order valence-electron chi connectivity index (χ3n) is 4.70. The van der Waals surface area contributed by atoms with E-state index in [1.165, 1.54) is 17.8 Å². The van der Waals surface area contributed by atoms with Crippen LogP contribution in [0.3, 0.4) is 0 Å². The lowest BCUT2D eigenvalue weighted by Gasteiger charge is -2.35. The maximum Gasteiger partial charge on any atom is 0.332 e. The van der Waals surface area contributed by atoms with E-state index in [-0.39, 0.29) is 11.3 Å². The number of hydrogen-bond acceptors (Lipinski definition) is 4. The van der Waals surface area contributed by atoms with Gasteiger partial charge in [-0.25, -0.2) is 9.78 Å². The van der Waals surface area contributed by atoms with E-state index in [0.717, 1.165) is 11.0 Å². The van der Waals surface area contributed by atoms with E-state index < -0.39 is 11.2 Å². The average molecular weight is 330 g/mol. The van der Waals surface area contributed by atoms with E-state index in [2.05, 4.69) is 18.8 Å². The van der Waals surface area contributed by atoms with Gasteiger partial charge >= 0.3 is 5.69 Å². The Balaban J connectivity index is 2.07. The fourth-order valence-electron chi connectivity index (χ4n) is 3.59. The second-order valence-corrected chi connectivity index (χ2v) is 6.96. The quantitative estimate of drug-likeness (QED) is 0.773. The van der Waals surface area contributed by atoms with E-state index >= 15 is 0 Å². The van der Waals surface area contributed by atoms with Crippen LogP contribution in [0.25, 0.3) is 11.0 Å². The summed E-state index contributed by atoms with van der Waals surface area (Å²) < 4.78 is 2.35. The number of likely N-dealkylation sites (tertiary alicyclic amines) is 1. The first kappa shape index (κ1) is 16.4. The topological polar surface area (TPSA) is 77.2 Å². The highest BCUT2D eigenvalue weighted by atomic mass is 16.2. The van der Waals surface area contributed by atoms with Crippen molar-refractivity contribution in [1.82, 2.24) is 19.0 Å². The largest absolute Gasteiger partial charge is 0.338 e. The van der Waals surface area contributed by atoms with Crippen molar-refractivity contribution < 1.29 is 4.79 Å². The third-order valence-corrected chi connectivity index (χ3v) is 4.70. The lowest BCUT2D eigenvalue weighted by molar-refractivity contribution is 0.0623. The Labute approximate surface area is 139 Å². The van der Waals surface area contributed by atoms with Crippen molar-refractivity contribution in [3.05, 3.63) is 38.7 Å². The Hall–Kier alpha value is -2.44. The number of pyridine rings is 1. The van der Waals surface area contributed by atoms with Gasteiger partial charge < -0.3 is 4.90 Å². The van der Waals surface area contributed by atoms with Crippen molar-refractivity contribution >= 4 is 16.9 Å². The molecule has 2 aromatic heterocycles. The van der Waals surface area contributed by atoms with Crippen molar-refractivity contribution in [1.29, 1.82) is 0 Å². The van der Waals surface area contributed by atoms with Gasteiger partial charge in [-0.3, -0.25) is 18.7 Å². The molecule has 0 bridgehead atoms. The number of nitrogens with zero attached hydrogens (tertiary/aromatic N) is 4. The maximum atomic E-state index is 12.8. The molecular weight excluding hydrogens is 308 g/mol. The molecule has 3 heterocycles.